The maximum absolute atomic E-state index is 15.2. The van der Waals surface area contributed by atoms with Crippen LogP contribution in [0.15, 0.2) is 67.3 Å². The summed E-state index contributed by atoms with van der Waals surface area (Å²) in [5.41, 5.74) is 2.83. The van der Waals surface area contributed by atoms with E-state index in [2.05, 4.69) is 18.7 Å². The van der Waals surface area contributed by atoms with Crippen LogP contribution in [-0.4, -0.2) is 12.8 Å². The predicted octanol–water partition coefficient (Wildman–Crippen LogP) is 9.41. The molecule has 4 rings (SSSR count). The lowest BCUT2D eigenvalue weighted by Crippen LogP contribution is -2.19. The minimum atomic E-state index is -4.36. The van der Waals surface area contributed by atoms with Gasteiger partial charge in [-0.2, -0.15) is 13.2 Å². The molecule has 37 heavy (non-hydrogen) atoms. The van der Waals surface area contributed by atoms with E-state index < -0.39 is 12.8 Å². The maximum Gasteiger partial charge on any atom is 0.422 e. The fourth-order valence-electron chi connectivity index (χ4n) is 5.46. The molecule has 3 aromatic rings. The van der Waals surface area contributed by atoms with Crippen LogP contribution in [0.25, 0.3) is 10.8 Å². The van der Waals surface area contributed by atoms with Crippen molar-refractivity contribution in [3.63, 3.8) is 0 Å². The Hall–Kier alpha value is -2.82. The lowest BCUT2D eigenvalue weighted by Gasteiger charge is -2.28. The van der Waals surface area contributed by atoms with Crippen LogP contribution in [-0.2, 0) is 19.3 Å². The van der Waals surface area contributed by atoms with Crippen molar-refractivity contribution in [2.75, 3.05) is 6.61 Å². The Morgan fingerprint density at radius 2 is 1.49 bits per heavy atom. The first kappa shape index (κ1) is 27.2. The number of allylic oxidation sites excluding steroid dienone is 1. The van der Waals surface area contributed by atoms with Crippen LogP contribution in [0.1, 0.15) is 61.6 Å². The second-order valence-electron chi connectivity index (χ2n) is 10.4. The van der Waals surface area contributed by atoms with Crippen molar-refractivity contribution in [3.05, 3.63) is 89.8 Å². The normalized spacial score (nSPS) is 18.2. The highest BCUT2D eigenvalue weighted by Gasteiger charge is 2.28. The quantitative estimate of drug-likeness (QED) is 0.184. The Morgan fingerprint density at radius 1 is 0.811 bits per heavy atom. The molecule has 0 radical (unpaired) electrons. The van der Waals surface area contributed by atoms with Gasteiger partial charge >= 0.3 is 6.18 Å². The Kier molecular flexibility index (Phi) is 9.28. The molecule has 1 fully saturated rings. The zero-order valence-corrected chi connectivity index (χ0v) is 21.3. The molecule has 0 spiro atoms. The molecule has 5 heteroatoms. The van der Waals surface area contributed by atoms with E-state index in [-0.39, 0.29) is 11.6 Å². The molecule has 0 atom stereocenters. The highest BCUT2D eigenvalue weighted by atomic mass is 19.4. The second kappa shape index (κ2) is 12.6. The molecule has 0 amide bonds. The molecule has 1 aliphatic carbocycles. The number of rotatable bonds is 11. The largest absolute Gasteiger partial charge is 0.484 e. The van der Waals surface area contributed by atoms with Gasteiger partial charge in [-0.1, -0.05) is 74.2 Å². The highest BCUT2D eigenvalue weighted by Crippen LogP contribution is 2.34. The van der Waals surface area contributed by atoms with E-state index in [9.17, 15) is 13.2 Å². The van der Waals surface area contributed by atoms with Crippen molar-refractivity contribution in [1.82, 2.24) is 0 Å². The summed E-state index contributed by atoms with van der Waals surface area (Å²) in [6.45, 7) is 2.52. The number of halogens is 4. The van der Waals surface area contributed by atoms with Crippen molar-refractivity contribution in [1.29, 1.82) is 0 Å². The van der Waals surface area contributed by atoms with Gasteiger partial charge in [-0.25, -0.2) is 4.39 Å². The van der Waals surface area contributed by atoms with Crippen LogP contribution >= 0.6 is 0 Å². The molecule has 1 saturated carbocycles. The zero-order chi connectivity index (χ0) is 26.3. The number of hydrogen-bond acceptors (Lipinski definition) is 1. The molecule has 0 aliphatic heterocycles. The number of ether oxygens (including phenoxy) is 1. The third kappa shape index (κ3) is 8.08. The van der Waals surface area contributed by atoms with Gasteiger partial charge in [0.25, 0.3) is 0 Å². The van der Waals surface area contributed by atoms with E-state index in [1.54, 1.807) is 12.1 Å². The SMILES string of the molecule is C=CCCC1CCC(CCc2ccc3c(F)c(CCc4ccc(OCC(F)(F)F)cc4)ccc3c2)CC1. The molecule has 0 aromatic heterocycles. The fourth-order valence-corrected chi connectivity index (χ4v) is 5.46. The van der Waals surface area contributed by atoms with Gasteiger partial charge in [-0.15, -0.1) is 6.58 Å². The summed E-state index contributed by atoms with van der Waals surface area (Å²) in [5, 5.41) is 1.57. The molecule has 0 bridgehead atoms. The summed E-state index contributed by atoms with van der Waals surface area (Å²) in [4.78, 5) is 0. The van der Waals surface area contributed by atoms with Crippen molar-refractivity contribution < 1.29 is 22.3 Å². The van der Waals surface area contributed by atoms with E-state index in [0.717, 1.165) is 35.6 Å². The fraction of sp³-hybridized carbons (Fsp3) is 0.438. The first-order valence-corrected chi connectivity index (χ1v) is 13.4. The zero-order valence-electron chi connectivity index (χ0n) is 21.3. The Balaban J connectivity index is 1.29. The molecule has 1 aliphatic rings. The van der Waals surface area contributed by atoms with Crippen LogP contribution in [0, 0.1) is 17.7 Å². The van der Waals surface area contributed by atoms with Gasteiger partial charge in [0.2, 0.25) is 0 Å². The van der Waals surface area contributed by atoms with Crippen molar-refractivity contribution in [2.24, 2.45) is 11.8 Å². The third-order valence-corrected chi connectivity index (χ3v) is 7.69. The van der Waals surface area contributed by atoms with Gasteiger partial charge in [0.15, 0.2) is 6.61 Å². The minimum Gasteiger partial charge on any atom is -0.484 e. The van der Waals surface area contributed by atoms with Gasteiger partial charge in [0.1, 0.15) is 11.6 Å². The molecule has 0 saturated heterocycles. The number of benzene rings is 3. The molecular formula is C32H36F4O. The molecule has 198 valence electrons. The average molecular weight is 513 g/mol. The van der Waals surface area contributed by atoms with Crippen LogP contribution in [0.3, 0.4) is 0 Å². The van der Waals surface area contributed by atoms with Gasteiger partial charge < -0.3 is 4.74 Å². The minimum absolute atomic E-state index is 0.171. The summed E-state index contributed by atoms with van der Waals surface area (Å²) in [7, 11) is 0. The van der Waals surface area contributed by atoms with E-state index in [1.165, 1.54) is 56.2 Å². The lowest BCUT2D eigenvalue weighted by molar-refractivity contribution is -0.153. The van der Waals surface area contributed by atoms with Crippen LogP contribution in [0.2, 0.25) is 0 Å². The topological polar surface area (TPSA) is 9.23 Å². The lowest BCUT2D eigenvalue weighted by atomic mass is 9.78. The second-order valence-corrected chi connectivity index (χ2v) is 10.4. The Morgan fingerprint density at radius 3 is 2.16 bits per heavy atom. The summed E-state index contributed by atoms with van der Waals surface area (Å²) in [5.74, 6) is 1.64. The van der Waals surface area contributed by atoms with Gasteiger partial charge in [-0.05, 0) is 84.6 Å². The first-order valence-electron chi connectivity index (χ1n) is 13.4. The molecule has 0 heterocycles. The summed E-state index contributed by atoms with van der Waals surface area (Å²) in [6.07, 6.45) is 8.70. The van der Waals surface area contributed by atoms with Gasteiger partial charge in [0, 0.05) is 5.39 Å². The molecule has 0 N–H and O–H groups in total. The maximum atomic E-state index is 15.2. The summed E-state index contributed by atoms with van der Waals surface area (Å²) < 4.78 is 56.9. The first-order chi connectivity index (χ1) is 17.8. The van der Waals surface area contributed by atoms with Crippen molar-refractivity contribution >= 4 is 10.8 Å². The van der Waals surface area contributed by atoms with E-state index in [0.29, 0.717) is 23.8 Å². The number of alkyl halides is 3. The Bertz CT molecular complexity index is 1160. The van der Waals surface area contributed by atoms with E-state index in [1.807, 2.05) is 24.3 Å². The van der Waals surface area contributed by atoms with Gasteiger partial charge in [-0.3, -0.25) is 0 Å². The van der Waals surface area contributed by atoms with Crippen LogP contribution < -0.4 is 4.74 Å². The molecule has 1 nitrogen and oxygen atoms in total. The van der Waals surface area contributed by atoms with Crippen LogP contribution in [0.5, 0.6) is 5.75 Å². The molecular weight excluding hydrogens is 476 g/mol. The molecule has 3 aromatic carbocycles. The van der Waals surface area contributed by atoms with E-state index in [4.69, 9.17) is 4.74 Å². The number of fused-ring (bicyclic) bond motifs is 1. The Labute approximate surface area is 217 Å². The average Bonchev–Trinajstić information content (AvgIpc) is 2.90. The third-order valence-electron chi connectivity index (χ3n) is 7.69. The smallest absolute Gasteiger partial charge is 0.422 e. The predicted molar refractivity (Wildman–Crippen MR) is 143 cm³/mol. The molecule has 0 unspecified atom stereocenters. The van der Waals surface area contributed by atoms with Crippen molar-refractivity contribution in [3.8, 4) is 5.75 Å². The van der Waals surface area contributed by atoms with Crippen molar-refractivity contribution in [2.45, 2.75) is 70.4 Å². The number of aryl methyl sites for hydroxylation is 3. The standard InChI is InChI=1S/C32H36F4O/c1-2-3-4-23-5-7-24(8-6-23)9-10-26-14-20-30-28(21-26)17-16-27(31(30)33)15-11-25-12-18-29(19-13-25)37-22-32(34,35)36/h2,12-14,16-21,23-24H,1,3-11,15,22H2. The number of hydrogen-bond donors (Lipinski definition) is 0. The highest BCUT2D eigenvalue weighted by molar-refractivity contribution is 5.84. The summed E-state index contributed by atoms with van der Waals surface area (Å²) in [6, 6.07) is 16.4. The van der Waals surface area contributed by atoms with Crippen LogP contribution in [0.4, 0.5) is 17.6 Å². The summed E-state index contributed by atoms with van der Waals surface area (Å²) >= 11 is 0. The van der Waals surface area contributed by atoms with E-state index >= 15 is 4.39 Å². The van der Waals surface area contributed by atoms with Gasteiger partial charge in [0.05, 0.1) is 0 Å². The monoisotopic (exact) mass is 512 g/mol.